The SMILES string of the molecule is CCN1CCN(C(=O)C(=O)NC(c2ccccc2)c2ccccc2)CC1. The molecule has 1 heterocycles. The predicted octanol–water partition coefficient (Wildman–Crippen LogP) is 2.06. The van der Waals surface area contributed by atoms with Crippen molar-refractivity contribution < 1.29 is 9.59 Å². The Morgan fingerprint density at radius 3 is 1.85 bits per heavy atom. The Morgan fingerprint density at radius 1 is 0.885 bits per heavy atom. The Hall–Kier alpha value is -2.66. The highest BCUT2D eigenvalue weighted by atomic mass is 16.2. The molecule has 2 aromatic carbocycles. The van der Waals surface area contributed by atoms with Gasteiger partial charge in [-0.1, -0.05) is 67.6 Å². The van der Waals surface area contributed by atoms with E-state index < -0.39 is 11.8 Å². The highest BCUT2D eigenvalue weighted by Gasteiger charge is 2.27. The molecule has 0 spiro atoms. The lowest BCUT2D eigenvalue weighted by Gasteiger charge is -2.33. The van der Waals surface area contributed by atoms with Gasteiger partial charge in [-0.3, -0.25) is 9.59 Å². The summed E-state index contributed by atoms with van der Waals surface area (Å²) in [5, 5.41) is 2.93. The van der Waals surface area contributed by atoms with Gasteiger partial charge in [0.15, 0.2) is 0 Å². The summed E-state index contributed by atoms with van der Waals surface area (Å²) < 4.78 is 0. The molecule has 1 fully saturated rings. The second-order valence-electron chi connectivity index (χ2n) is 6.45. The average Bonchev–Trinajstić information content (AvgIpc) is 2.72. The van der Waals surface area contributed by atoms with Crippen LogP contribution in [-0.4, -0.2) is 54.3 Å². The van der Waals surface area contributed by atoms with Crippen LogP contribution in [0.1, 0.15) is 24.1 Å². The number of hydrogen-bond acceptors (Lipinski definition) is 3. The van der Waals surface area contributed by atoms with Gasteiger partial charge in [0.1, 0.15) is 0 Å². The van der Waals surface area contributed by atoms with Crippen molar-refractivity contribution in [1.29, 1.82) is 0 Å². The first-order valence-corrected chi connectivity index (χ1v) is 9.11. The third-order valence-corrected chi connectivity index (χ3v) is 4.84. The maximum atomic E-state index is 12.6. The molecule has 0 saturated carbocycles. The third-order valence-electron chi connectivity index (χ3n) is 4.84. The first kappa shape index (κ1) is 18.1. The number of rotatable bonds is 4. The molecule has 0 aromatic heterocycles. The van der Waals surface area contributed by atoms with Crippen LogP contribution in [-0.2, 0) is 9.59 Å². The summed E-state index contributed by atoms with van der Waals surface area (Å²) in [6, 6.07) is 19.1. The Labute approximate surface area is 154 Å². The fourth-order valence-corrected chi connectivity index (χ4v) is 3.25. The van der Waals surface area contributed by atoms with Crippen LogP contribution in [0, 0.1) is 0 Å². The van der Waals surface area contributed by atoms with Crippen molar-refractivity contribution in [2.75, 3.05) is 32.7 Å². The molecule has 1 saturated heterocycles. The number of carbonyl (C=O) groups excluding carboxylic acids is 2. The van der Waals surface area contributed by atoms with Crippen LogP contribution in [0.4, 0.5) is 0 Å². The maximum absolute atomic E-state index is 12.6. The van der Waals surface area contributed by atoms with Crippen LogP contribution < -0.4 is 5.32 Å². The Balaban J connectivity index is 1.73. The van der Waals surface area contributed by atoms with Crippen LogP contribution in [0.15, 0.2) is 60.7 Å². The molecular formula is C21H25N3O2. The average molecular weight is 351 g/mol. The standard InChI is InChI=1S/C21H25N3O2/c1-2-23-13-15-24(16-14-23)21(26)20(25)22-19(17-9-5-3-6-10-17)18-11-7-4-8-12-18/h3-12,19H,2,13-16H2,1H3,(H,22,25). The number of nitrogens with zero attached hydrogens (tertiary/aromatic N) is 2. The molecule has 3 rings (SSSR count). The van der Waals surface area contributed by atoms with Gasteiger partial charge in [0.05, 0.1) is 6.04 Å². The smallest absolute Gasteiger partial charge is 0.311 e. The summed E-state index contributed by atoms with van der Waals surface area (Å²) in [6.07, 6.45) is 0. The minimum atomic E-state index is -0.548. The van der Waals surface area contributed by atoms with Crippen molar-refractivity contribution >= 4 is 11.8 Å². The molecule has 5 heteroatoms. The first-order valence-electron chi connectivity index (χ1n) is 9.11. The number of nitrogens with one attached hydrogen (secondary N) is 1. The fourth-order valence-electron chi connectivity index (χ4n) is 3.25. The second-order valence-corrected chi connectivity index (χ2v) is 6.45. The van der Waals surface area contributed by atoms with Crippen LogP contribution in [0.5, 0.6) is 0 Å². The van der Waals surface area contributed by atoms with E-state index in [2.05, 4.69) is 17.1 Å². The lowest BCUT2D eigenvalue weighted by atomic mass is 9.98. The second kappa shape index (κ2) is 8.63. The van der Waals surface area contributed by atoms with Crippen LogP contribution >= 0.6 is 0 Å². The van der Waals surface area contributed by atoms with Crippen molar-refractivity contribution in [1.82, 2.24) is 15.1 Å². The van der Waals surface area contributed by atoms with Gasteiger partial charge in [0.2, 0.25) is 0 Å². The zero-order chi connectivity index (χ0) is 18.4. The van der Waals surface area contributed by atoms with Gasteiger partial charge in [-0.15, -0.1) is 0 Å². The minimum absolute atomic E-state index is 0.342. The molecule has 0 atom stereocenters. The Bertz CT molecular complexity index is 686. The van der Waals surface area contributed by atoms with E-state index in [9.17, 15) is 9.59 Å². The highest BCUT2D eigenvalue weighted by Crippen LogP contribution is 2.21. The predicted molar refractivity (Wildman–Crippen MR) is 102 cm³/mol. The van der Waals surface area contributed by atoms with E-state index in [0.29, 0.717) is 13.1 Å². The van der Waals surface area contributed by atoms with Gasteiger partial charge in [-0.05, 0) is 17.7 Å². The van der Waals surface area contributed by atoms with Crippen LogP contribution in [0.3, 0.4) is 0 Å². The van der Waals surface area contributed by atoms with Crippen molar-refractivity contribution in [3.8, 4) is 0 Å². The molecule has 2 amide bonds. The summed E-state index contributed by atoms with van der Waals surface area (Å²) in [6.45, 7) is 5.91. The molecule has 2 aromatic rings. The summed E-state index contributed by atoms with van der Waals surface area (Å²) >= 11 is 0. The van der Waals surface area contributed by atoms with Crippen LogP contribution in [0.2, 0.25) is 0 Å². The molecule has 1 aliphatic heterocycles. The lowest BCUT2D eigenvalue weighted by Crippen LogP contribution is -2.52. The van der Waals surface area contributed by atoms with Gasteiger partial charge in [0, 0.05) is 26.2 Å². The summed E-state index contributed by atoms with van der Waals surface area (Å²) in [4.78, 5) is 29.1. The Morgan fingerprint density at radius 2 is 1.38 bits per heavy atom. The van der Waals surface area contributed by atoms with Crippen molar-refractivity contribution in [3.63, 3.8) is 0 Å². The number of benzene rings is 2. The summed E-state index contributed by atoms with van der Waals surface area (Å²) in [5.74, 6) is -0.995. The lowest BCUT2D eigenvalue weighted by molar-refractivity contribution is -0.147. The molecule has 0 bridgehead atoms. The van der Waals surface area contributed by atoms with E-state index in [1.165, 1.54) is 0 Å². The molecule has 5 nitrogen and oxygen atoms in total. The van der Waals surface area contributed by atoms with Crippen molar-refractivity contribution in [2.24, 2.45) is 0 Å². The normalized spacial score (nSPS) is 15.1. The van der Waals surface area contributed by atoms with Gasteiger partial charge in [0.25, 0.3) is 0 Å². The molecule has 0 aliphatic carbocycles. The monoisotopic (exact) mass is 351 g/mol. The molecule has 136 valence electrons. The quantitative estimate of drug-likeness (QED) is 0.858. The first-order chi connectivity index (χ1) is 12.7. The van der Waals surface area contributed by atoms with E-state index in [4.69, 9.17) is 0 Å². The molecule has 26 heavy (non-hydrogen) atoms. The summed E-state index contributed by atoms with van der Waals surface area (Å²) in [5.41, 5.74) is 1.91. The molecule has 0 radical (unpaired) electrons. The minimum Gasteiger partial charge on any atom is -0.337 e. The molecule has 1 N–H and O–H groups in total. The van der Waals surface area contributed by atoms with E-state index in [-0.39, 0.29) is 6.04 Å². The number of hydrogen-bond donors (Lipinski definition) is 1. The maximum Gasteiger partial charge on any atom is 0.311 e. The molecular weight excluding hydrogens is 326 g/mol. The third kappa shape index (κ3) is 4.29. The Kier molecular flexibility index (Phi) is 6.02. The van der Waals surface area contributed by atoms with E-state index in [1.54, 1.807) is 4.90 Å². The van der Waals surface area contributed by atoms with Crippen molar-refractivity contribution in [2.45, 2.75) is 13.0 Å². The van der Waals surface area contributed by atoms with Gasteiger partial charge in [-0.2, -0.15) is 0 Å². The van der Waals surface area contributed by atoms with Crippen molar-refractivity contribution in [3.05, 3.63) is 71.8 Å². The number of amides is 2. The number of piperazine rings is 1. The van der Waals surface area contributed by atoms with Crippen LogP contribution in [0.25, 0.3) is 0 Å². The van der Waals surface area contributed by atoms with Gasteiger partial charge < -0.3 is 15.1 Å². The fraction of sp³-hybridized carbons (Fsp3) is 0.333. The highest BCUT2D eigenvalue weighted by molar-refractivity contribution is 6.35. The van der Waals surface area contributed by atoms with Gasteiger partial charge >= 0.3 is 11.8 Å². The number of likely N-dealkylation sites (N-methyl/N-ethyl adjacent to an activating group) is 1. The van der Waals surface area contributed by atoms with E-state index >= 15 is 0 Å². The van der Waals surface area contributed by atoms with Gasteiger partial charge in [-0.25, -0.2) is 0 Å². The zero-order valence-electron chi connectivity index (χ0n) is 15.1. The molecule has 1 aliphatic rings. The largest absolute Gasteiger partial charge is 0.337 e. The zero-order valence-corrected chi connectivity index (χ0v) is 15.1. The summed E-state index contributed by atoms with van der Waals surface area (Å²) in [7, 11) is 0. The molecule has 0 unspecified atom stereocenters. The van der Waals surface area contributed by atoms with E-state index in [0.717, 1.165) is 30.8 Å². The number of carbonyl (C=O) groups is 2. The van der Waals surface area contributed by atoms with E-state index in [1.807, 2.05) is 60.7 Å². The topological polar surface area (TPSA) is 52.7 Å².